The van der Waals surface area contributed by atoms with Crippen LogP contribution in [0.1, 0.15) is 41.6 Å². The summed E-state index contributed by atoms with van der Waals surface area (Å²) in [7, 11) is 1.28. The predicted octanol–water partition coefficient (Wildman–Crippen LogP) is 3.38. The van der Waals surface area contributed by atoms with Crippen molar-refractivity contribution in [3.05, 3.63) is 46.6 Å². The van der Waals surface area contributed by atoms with Gasteiger partial charge in [0.15, 0.2) is 5.69 Å². The average Bonchev–Trinajstić information content (AvgIpc) is 2.55. The van der Waals surface area contributed by atoms with Gasteiger partial charge in [0.1, 0.15) is 5.82 Å². The van der Waals surface area contributed by atoms with Crippen molar-refractivity contribution in [3.63, 3.8) is 0 Å². The number of nitrogens with zero attached hydrogens (tertiary/aromatic N) is 2. The first-order valence-corrected chi connectivity index (χ1v) is 7.88. The Kier molecular flexibility index (Phi) is 5.58. The molecular weight excluding hydrogens is 344 g/mol. The fraction of sp³-hybridized carbons (Fsp3) is 0.294. The summed E-state index contributed by atoms with van der Waals surface area (Å²) >= 11 is 6.06. The number of aromatic nitrogens is 2. The average molecular weight is 363 g/mol. The molecule has 0 spiro atoms. The maximum Gasteiger partial charge on any atom is 0.337 e. The lowest BCUT2D eigenvalue weighted by Crippen LogP contribution is -2.27. The molecule has 0 atom stereocenters. The molecule has 7 nitrogen and oxygen atoms in total. The normalized spacial score (nSPS) is 10.9. The molecule has 0 radical (unpaired) electrons. The Morgan fingerprint density at radius 1 is 1.12 bits per heavy atom. The lowest BCUT2D eigenvalue weighted by Gasteiger charge is -2.20. The Bertz CT molecular complexity index is 785. The third-order valence-electron chi connectivity index (χ3n) is 3.04. The Morgan fingerprint density at radius 2 is 1.84 bits per heavy atom. The summed E-state index contributed by atoms with van der Waals surface area (Å²) in [4.78, 5) is 23.9. The highest BCUT2D eigenvalue weighted by atomic mass is 35.5. The molecule has 0 aliphatic rings. The molecule has 25 heavy (non-hydrogen) atoms. The quantitative estimate of drug-likeness (QED) is 0.810. The molecule has 2 rings (SSSR count). The number of hydrogen-bond acceptors (Lipinski definition) is 6. The van der Waals surface area contributed by atoms with E-state index in [4.69, 9.17) is 11.6 Å². The highest BCUT2D eigenvalue weighted by Gasteiger charge is 2.15. The molecule has 1 heterocycles. The first-order chi connectivity index (χ1) is 11.7. The fourth-order valence-corrected chi connectivity index (χ4v) is 2.12. The summed E-state index contributed by atoms with van der Waals surface area (Å²) in [6.07, 6.45) is 0. The number of carbonyl (C=O) groups is 2. The number of anilines is 2. The van der Waals surface area contributed by atoms with Crippen LogP contribution in [0.4, 0.5) is 11.5 Å². The second kappa shape index (κ2) is 7.48. The van der Waals surface area contributed by atoms with Crippen LogP contribution >= 0.6 is 11.6 Å². The van der Waals surface area contributed by atoms with Gasteiger partial charge in [0.25, 0.3) is 5.91 Å². The predicted molar refractivity (Wildman–Crippen MR) is 96.2 cm³/mol. The van der Waals surface area contributed by atoms with Crippen LogP contribution < -0.4 is 10.6 Å². The van der Waals surface area contributed by atoms with Crippen molar-refractivity contribution >= 4 is 35.0 Å². The second-order valence-corrected chi connectivity index (χ2v) is 6.73. The highest BCUT2D eigenvalue weighted by Crippen LogP contribution is 2.24. The van der Waals surface area contributed by atoms with E-state index in [9.17, 15) is 9.59 Å². The topological polar surface area (TPSA) is 93.2 Å². The largest absolute Gasteiger partial charge is 0.465 e. The van der Waals surface area contributed by atoms with Gasteiger partial charge in [-0.3, -0.25) is 4.79 Å². The number of amides is 1. The zero-order valence-electron chi connectivity index (χ0n) is 14.4. The highest BCUT2D eigenvalue weighted by molar-refractivity contribution is 6.34. The number of hydrogen-bond donors (Lipinski definition) is 2. The zero-order valence-corrected chi connectivity index (χ0v) is 15.1. The van der Waals surface area contributed by atoms with Crippen LogP contribution in [0.25, 0.3) is 0 Å². The summed E-state index contributed by atoms with van der Waals surface area (Å²) in [6, 6.07) is 7.67. The lowest BCUT2D eigenvalue weighted by atomic mass is 10.1. The van der Waals surface area contributed by atoms with E-state index in [-0.39, 0.29) is 22.5 Å². The Balaban J connectivity index is 2.15. The molecule has 1 aromatic carbocycles. The van der Waals surface area contributed by atoms with Gasteiger partial charge < -0.3 is 15.4 Å². The summed E-state index contributed by atoms with van der Waals surface area (Å²) in [5.74, 6) is -0.446. The van der Waals surface area contributed by atoms with E-state index in [0.717, 1.165) is 0 Å². The summed E-state index contributed by atoms with van der Waals surface area (Å²) in [5.41, 5.74) is 0.519. The molecule has 0 saturated heterocycles. The molecule has 2 N–H and O–H groups in total. The molecule has 0 unspecified atom stereocenters. The smallest absolute Gasteiger partial charge is 0.337 e. The molecule has 0 aliphatic heterocycles. The van der Waals surface area contributed by atoms with Crippen LogP contribution in [0, 0.1) is 0 Å². The van der Waals surface area contributed by atoms with Gasteiger partial charge in [-0.15, -0.1) is 10.2 Å². The van der Waals surface area contributed by atoms with Crippen molar-refractivity contribution in [3.8, 4) is 0 Å². The molecule has 0 fully saturated rings. The van der Waals surface area contributed by atoms with Crippen molar-refractivity contribution in [1.29, 1.82) is 0 Å². The first-order valence-electron chi connectivity index (χ1n) is 7.51. The number of nitrogens with one attached hydrogen (secondary N) is 2. The van der Waals surface area contributed by atoms with Crippen LogP contribution in [0.15, 0.2) is 30.3 Å². The minimum Gasteiger partial charge on any atom is -0.465 e. The Hall–Kier alpha value is -2.67. The van der Waals surface area contributed by atoms with E-state index in [2.05, 4.69) is 25.6 Å². The van der Waals surface area contributed by atoms with E-state index in [1.807, 2.05) is 20.8 Å². The van der Waals surface area contributed by atoms with E-state index in [1.165, 1.54) is 25.3 Å². The van der Waals surface area contributed by atoms with Gasteiger partial charge in [-0.2, -0.15) is 0 Å². The monoisotopic (exact) mass is 362 g/mol. The fourth-order valence-electron chi connectivity index (χ4n) is 1.96. The second-order valence-electron chi connectivity index (χ2n) is 6.32. The van der Waals surface area contributed by atoms with E-state index >= 15 is 0 Å². The maximum atomic E-state index is 12.3. The SMILES string of the molecule is COC(=O)c1ccc(Cl)c(NC(=O)c2ccc(NC(C)(C)C)nn2)c1. The first kappa shape index (κ1) is 18.7. The van der Waals surface area contributed by atoms with E-state index < -0.39 is 11.9 Å². The van der Waals surface area contributed by atoms with Crippen molar-refractivity contribution in [2.75, 3.05) is 17.7 Å². The van der Waals surface area contributed by atoms with Crippen molar-refractivity contribution in [1.82, 2.24) is 10.2 Å². The number of esters is 1. The van der Waals surface area contributed by atoms with Crippen molar-refractivity contribution in [2.24, 2.45) is 0 Å². The third-order valence-corrected chi connectivity index (χ3v) is 3.37. The molecule has 1 aromatic heterocycles. The Labute approximate surface area is 150 Å². The molecule has 0 bridgehead atoms. The zero-order chi connectivity index (χ0) is 18.6. The van der Waals surface area contributed by atoms with Crippen LogP contribution in [0.5, 0.6) is 0 Å². The molecule has 1 amide bonds. The summed E-state index contributed by atoms with van der Waals surface area (Å²) in [5, 5.41) is 13.9. The Morgan fingerprint density at radius 3 is 2.40 bits per heavy atom. The molecule has 0 aliphatic carbocycles. The molecular formula is C17H19ClN4O3. The standard InChI is InChI=1S/C17H19ClN4O3/c1-17(2,3)20-14-8-7-12(21-22-14)15(23)19-13-9-10(16(24)25-4)5-6-11(13)18/h5-9H,1-4H3,(H,19,23)(H,20,22). The van der Waals surface area contributed by atoms with Gasteiger partial charge in [-0.05, 0) is 51.1 Å². The van der Waals surface area contributed by atoms with Gasteiger partial charge in [-0.1, -0.05) is 11.6 Å². The van der Waals surface area contributed by atoms with Gasteiger partial charge in [0, 0.05) is 5.54 Å². The van der Waals surface area contributed by atoms with Gasteiger partial charge in [0.2, 0.25) is 0 Å². The number of ether oxygens (including phenoxy) is 1. The van der Waals surface area contributed by atoms with E-state index in [0.29, 0.717) is 10.8 Å². The number of rotatable bonds is 4. The lowest BCUT2D eigenvalue weighted by molar-refractivity contribution is 0.0600. The summed E-state index contributed by atoms with van der Waals surface area (Å²) < 4.78 is 4.65. The third kappa shape index (κ3) is 5.15. The minimum absolute atomic E-state index is 0.124. The van der Waals surface area contributed by atoms with Crippen LogP contribution in [0.3, 0.4) is 0 Å². The number of halogens is 1. The van der Waals surface area contributed by atoms with Crippen molar-refractivity contribution in [2.45, 2.75) is 26.3 Å². The van der Waals surface area contributed by atoms with Gasteiger partial charge in [-0.25, -0.2) is 4.79 Å². The maximum absolute atomic E-state index is 12.3. The number of benzene rings is 1. The molecule has 132 valence electrons. The number of carbonyl (C=O) groups excluding carboxylic acids is 2. The molecule has 2 aromatic rings. The van der Waals surface area contributed by atoms with Crippen LogP contribution in [0.2, 0.25) is 5.02 Å². The minimum atomic E-state index is -0.524. The van der Waals surface area contributed by atoms with Gasteiger partial charge in [0.05, 0.1) is 23.4 Å². The van der Waals surface area contributed by atoms with Crippen molar-refractivity contribution < 1.29 is 14.3 Å². The van der Waals surface area contributed by atoms with Gasteiger partial charge >= 0.3 is 5.97 Å². The summed E-state index contributed by atoms with van der Waals surface area (Å²) in [6.45, 7) is 5.97. The van der Waals surface area contributed by atoms with Crippen LogP contribution in [-0.2, 0) is 4.74 Å². The molecule has 8 heteroatoms. The number of methoxy groups -OCH3 is 1. The van der Waals surface area contributed by atoms with Crippen LogP contribution in [-0.4, -0.2) is 34.7 Å². The molecule has 0 saturated carbocycles. The van der Waals surface area contributed by atoms with E-state index in [1.54, 1.807) is 12.1 Å².